The van der Waals surface area contributed by atoms with Crippen LogP contribution in [0.3, 0.4) is 0 Å². The number of hydrogen-bond acceptors (Lipinski definition) is 2. The van der Waals surface area contributed by atoms with Crippen molar-refractivity contribution in [1.29, 1.82) is 5.41 Å². The van der Waals surface area contributed by atoms with Crippen LogP contribution in [0.2, 0.25) is 0 Å². The lowest BCUT2D eigenvalue weighted by Gasteiger charge is -2.19. The molecule has 80 valence electrons. The summed E-state index contributed by atoms with van der Waals surface area (Å²) in [5.41, 5.74) is 7.85. The van der Waals surface area contributed by atoms with Gasteiger partial charge < -0.3 is 10.3 Å². The monoisotopic (exact) mass is 205 g/mol. The average molecular weight is 205 g/mol. The van der Waals surface area contributed by atoms with Crippen LogP contribution in [0.5, 0.6) is 0 Å². The maximum Gasteiger partial charge on any atom is 0.261 e. The van der Waals surface area contributed by atoms with Crippen molar-refractivity contribution in [3.05, 3.63) is 33.2 Å². The van der Waals surface area contributed by atoms with Gasteiger partial charge in [0, 0.05) is 12.7 Å². The molecule has 3 N–H and O–H groups in total. The van der Waals surface area contributed by atoms with E-state index in [9.17, 15) is 4.79 Å². The molecular weight excluding hydrogens is 190 g/mol. The van der Waals surface area contributed by atoms with Crippen molar-refractivity contribution in [2.24, 2.45) is 12.8 Å². The lowest BCUT2D eigenvalue weighted by molar-refractivity contribution is 0.622. The molecule has 0 aliphatic heterocycles. The summed E-state index contributed by atoms with van der Waals surface area (Å²) >= 11 is 0. The van der Waals surface area contributed by atoms with Crippen LogP contribution in [-0.2, 0) is 19.9 Å². The molecule has 0 bridgehead atoms. The number of rotatable bonds is 1. The van der Waals surface area contributed by atoms with Crippen LogP contribution in [-0.4, -0.2) is 10.4 Å². The van der Waals surface area contributed by atoms with E-state index in [1.807, 2.05) is 0 Å². The highest BCUT2D eigenvalue weighted by atomic mass is 16.1. The van der Waals surface area contributed by atoms with Gasteiger partial charge in [-0.25, -0.2) is 0 Å². The second kappa shape index (κ2) is 3.53. The minimum Gasteiger partial charge on any atom is -0.384 e. The van der Waals surface area contributed by atoms with E-state index in [2.05, 4.69) is 0 Å². The molecule has 15 heavy (non-hydrogen) atoms. The normalized spacial score (nSPS) is 14.7. The predicted octanol–water partition coefficient (Wildman–Crippen LogP) is 0.548. The molecule has 1 aromatic heterocycles. The summed E-state index contributed by atoms with van der Waals surface area (Å²) in [6.45, 7) is 0. The van der Waals surface area contributed by atoms with E-state index in [-0.39, 0.29) is 11.4 Å². The summed E-state index contributed by atoms with van der Waals surface area (Å²) in [7, 11) is 1.76. The van der Waals surface area contributed by atoms with Gasteiger partial charge in [0.25, 0.3) is 5.56 Å². The van der Waals surface area contributed by atoms with E-state index in [1.165, 1.54) is 5.56 Å². The van der Waals surface area contributed by atoms with Crippen LogP contribution in [0.1, 0.15) is 29.7 Å². The van der Waals surface area contributed by atoms with Crippen molar-refractivity contribution in [3.8, 4) is 0 Å². The predicted molar refractivity (Wildman–Crippen MR) is 59.3 cm³/mol. The Morgan fingerprint density at radius 2 is 2.13 bits per heavy atom. The van der Waals surface area contributed by atoms with Gasteiger partial charge in [-0.05, 0) is 37.3 Å². The number of hydrogen-bond donors (Lipinski definition) is 2. The Labute approximate surface area is 88.2 Å². The second-order valence-electron chi connectivity index (χ2n) is 4.01. The lowest BCUT2D eigenvalue weighted by Crippen LogP contribution is -2.31. The Balaban J connectivity index is 2.68. The van der Waals surface area contributed by atoms with Crippen molar-refractivity contribution in [1.82, 2.24) is 4.57 Å². The minimum atomic E-state index is -0.150. The van der Waals surface area contributed by atoms with E-state index < -0.39 is 0 Å². The third kappa shape index (κ3) is 1.56. The molecule has 0 amide bonds. The van der Waals surface area contributed by atoms with Crippen LogP contribution in [0, 0.1) is 5.41 Å². The number of amidine groups is 1. The van der Waals surface area contributed by atoms with Crippen LogP contribution < -0.4 is 11.3 Å². The number of pyridine rings is 1. The Bertz CT molecular complexity index is 473. The zero-order chi connectivity index (χ0) is 11.0. The van der Waals surface area contributed by atoms with Gasteiger partial charge in [-0.15, -0.1) is 0 Å². The molecule has 4 heteroatoms. The van der Waals surface area contributed by atoms with Gasteiger partial charge in [-0.3, -0.25) is 10.2 Å². The van der Waals surface area contributed by atoms with Crippen molar-refractivity contribution in [2.75, 3.05) is 0 Å². The highest BCUT2D eigenvalue weighted by Gasteiger charge is 2.16. The average Bonchev–Trinajstić information content (AvgIpc) is 2.23. The molecule has 0 spiro atoms. The van der Waals surface area contributed by atoms with Gasteiger partial charge in [0.05, 0.1) is 5.56 Å². The summed E-state index contributed by atoms with van der Waals surface area (Å²) in [4.78, 5) is 11.8. The third-order valence-corrected chi connectivity index (χ3v) is 3.03. The molecule has 0 saturated carbocycles. The number of nitrogen functional groups attached to an aromatic ring is 1. The molecule has 1 heterocycles. The van der Waals surface area contributed by atoms with Crippen LogP contribution in [0.15, 0.2) is 10.9 Å². The first-order valence-corrected chi connectivity index (χ1v) is 5.17. The van der Waals surface area contributed by atoms with Crippen molar-refractivity contribution in [2.45, 2.75) is 25.7 Å². The molecule has 0 saturated heterocycles. The highest BCUT2D eigenvalue weighted by molar-refractivity contribution is 5.94. The zero-order valence-electron chi connectivity index (χ0n) is 8.84. The van der Waals surface area contributed by atoms with Gasteiger partial charge >= 0.3 is 0 Å². The Hall–Kier alpha value is -1.58. The number of aromatic nitrogens is 1. The summed E-state index contributed by atoms with van der Waals surface area (Å²) < 4.78 is 1.64. The number of nitrogens with zero attached hydrogens (tertiary/aromatic N) is 1. The topological polar surface area (TPSA) is 71.9 Å². The molecule has 1 aliphatic rings. The molecule has 1 aromatic rings. The number of fused-ring (bicyclic) bond motifs is 1. The van der Waals surface area contributed by atoms with Crippen LogP contribution in [0.4, 0.5) is 0 Å². The number of aryl methyl sites for hydroxylation is 1. The van der Waals surface area contributed by atoms with E-state index in [1.54, 1.807) is 17.7 Å². The van der Waals surface area contributed by atoms with E-state index >= 15 is 0 Å². The Morgan fingerprint density at radius 3 is 2.80 bits per heavy atom. The van der Waals surface area contributed by atoms with Crippen molar-refractivity contribution >= 4 is 5.84 Å². The number of nitrogens with one attached hydrogen (secondary N) is 1. The summed E-state index contributed by atoms with van der Waals surface area (Å²) in [5, 5.41) is 7.35. The van der Waals surface area contributed by atoms with E-state index in [4.69, 9.17) is 11.1 Å². The fourth-order valence-electron chi connectivity index (χ4n) is 2.18. The summed E-state index contributed by atoms with van der Waals surface area (Å²) in [6, 6.07) is 1.79. The smallest absolute Gasteiger partial charge is 0.261 e. The first-order chi connectivity index (χ1) is 7.11. The first kappa shape index (κ1) is 9.96. The first-order valence-electron chi connectivity index (χ1n) is 5.17. The Kier molecular flexibility index (Phi) is 2.34. The third-order valence-electron chi connectivity index (χ3n) is 3.03. The van der Waals surface area contributed by atoms with Gasteiger partial charge in [0.2, 0.25) is 0 Å². The molecule has 2 rings (SSSR count). The molecule has 0 radical (unpaired) electrons. The highest BCUT2D eigenvalue weighted by Crippen LogP contribution is 2.19. The minimum absolute atomic E-state index is 0.135. The molecule has 1 aliphatic carbocycles. The standard InChI is InChI=1S/C11H15N3O/c1-14-9-5-3-2-4-7(9)6-8(10(12)13)11(14)15/h6H,2-5H2,1H3,(H3,12,13). The molecule has 0 unspecified atom stereocenters. The molecule has 0 aromatic carbocycles. The largest absolute Gasteiger partial charge is 0.384 e. The van der Waals surface area contributed by atoms with E-state index in [0.29, 0.717) is 5.56 Å². The maximum atomic E-state index is 11.8. The zero-order valence-corrected chi connectivity index (χ0v) is 8.84. The second-order valence-corrected chi connectivity index (χ2v) is 4.01. The molecule has 0 atom stereocenters. The lowest BCUT2D eigenvalue weighted by atomic mass is 9.94. The SMILES string of the molecule is Cn1c2c(cc(C(=N)N)c1=O)CCCC2. The van der Waals surface area contributed by atoms with Crippen molar-refractivity contribution in [3.63, 3.8) is 0 Å². The summed E-state index contributed by atoms with van der Waals surface area (Å²) in [6.07, 6.45) is 4.24. The van der Waals surface area contributed by atoms with Gasteiger partial charge in [-0.2, -0.15) is 0 Å². The van der Waals surface area contributed by atoms with Gasteiger partial charge in [0.1, 0.15) is 5.84 Å². The Morgan fingerprint density at radius 1 is 1.47 bits per heavy atom. The summed E-state index contributed by atoms with van der Waals surface area (Å²) in [5.74, 6) is -0.135. The molecule has 4 nitrogen and oxygen atoms in total. The molecular formula is C11H15N3O. The van der Waals surface area contributed by atoms with Crippen molar-refractivity contribution < 1.29 is 0 Å². The number of nitrogens with two attached hydrogens (primary N) is 1. The quantitative estimate of drug-likeness (QED) is 0.519. The maximum absolute atomic E-state index is 11.8. The van der Waals surface area contributed by atoms with E-state index in [0.717, 1.165) is 31.4 Å². The van der Waals surface area contributed by atoms with Crippen LogP contribution in [0.25, 0.3) is 0 Å². The molecule has 0 fully saturated rings. The van der Waals surface area contributed by atoms with Gasteiger partial charge in [-0.1, -0.05) is 0 Å². The van der Waals surface area contributed by atoms with Crippen LogP contribution >= 0.6 is 0 Å². The fourth-order valence-corrected chi connectivity index (χ4v) is 2.18. The van der Waals surface area contributed by atoms with Gasteiger partial charge in [0.15, 0.2) is 0 Å². The fraction of sp³-hybridized carbons (Fsp3) is 0.455.